The van der Waals surface area contributed by atoms with Gasteiger partial charge in [-0.05, 0) is 62.0 Å². The Hall–Kier alpha value is -2.59. The molecule has 2 heterocycles. The average molecular weight is 308 g/mol. The molecule has 2 aromatic rings. The topological polar surface area (TPSA) is 45.5 Å². The maximum absolute atomic E-state index is 11.3. The maximum atomic E-state index is 11.3. The van der Waals surface area contributed by atoms with Gasteiger partial charge in [-0.25, -0.2) is 4.79 Å². The molecule has 0 unspecified atom stereocenters. The Morgan fingerprint density at radius 1 is 1.30 bits per heavy atom. The van der Waals surface area contributed by atoms with Crippen LogP contribution in [0.15, 0.2) is 42.6 Å². The van der Waals surface area contributed by atoms with Crippen LogP contribution in [0, 0.1) is 0 Å². The van der Waals surface area contributed by atoms with E-state index in [9.17, 15) is 9.90 Å². The van der Waals surface area contributed by atoms with E-state index in [1.807, 2.05) is 44.7 Å². The standard InChI is InChI=1S/C19H20N2O2/c1-20(2)10-3-5-16-17-13-15(19(22)23)8-7-14(17)9-12-21-11-4-6-18(16)21/h4-9,11-13H,3,10H2,1-2H3,(H,22,23)/b16-5+. The third kappa shape index (κ3) is 3.12. The Labute approximate surface area is 136 Å². The molecule has 0 bridgehead atoms. The van der Waals surface area contributed by atoms with Crippen LogP contribution in [0.25, 0.3) is 17.8 Å². The van der Waals surface area contributed by atoms with Gasteiger partial charge in [-0.2, -0.15) is 0 Å². The molecule has 0 fully saturated rings. The molecule has 0 saturated carbocycles. The molecular weight excluding hydrogens is 288 g/mol. The fourth-order valence-electron chi connectivity index (χ4n) is 2.80. The molecule has 1 aliphatic heterocycles. The largest absolute Gasteiger partial charge is 0.478 e. The van der Waals surface area contributed by atoms with Crippen molar-refractivity contribution in [1.29, 1.82) is 0 Å². The highest BCUT2D eigenvalue weighted by Crippen LogP contribution is 2.32. The number of hydrogen-bond acceptors (Lipinski definition) is 2. The molecule has 118 valence electrons. The first-order chi connectivity index (χ1) is 11.1. The first-order valence-corrected chi connectivity index (χ1v) is 7.64. The van der Waals surface area contributed by atoms with Gasteiger partial charge in [0, 0.05) is 24.5 Å². The van der Waals surface area contributed by atoms with E-state index in [-0.39, 0.29) is 0 Å². The summed E-state index contributed by atoms with van der Waals surface area (Å²) in [4.78, 5) is 13.5. The van der Waals surface area contributed by atoms with Crippen molar-refractivity contribution in [3.05, 3.63) is 65.0 Å². The number of hydrogen-bond donors (Lipinski definition) is 1. The molecule has 0 amide bonds. The summed E-state index contributed by atoms with van der Waals surface area (Å²) in [5.74, 6) is -0.899. The Balaban J connectivity index is 2.12. The SMILES string of the molecule is CN(C)CC/C=C1\c2cc(C(=O)O)ccc2C=Cn2cccc21. The molecule has 1 aliphatic rings. The van der Waals surface area contributed by atoms with Crippen LogP contribution < -0.4 is 0 Å². The normalized spacial score (nSPS) is 14.7. The molecule has 3 rings (SSSR count). The fraction of sp³-hybridized carbons (Fsp3) is 0.211. The second-order valence-electron chi connectivity index (χ2n) is 5.93. The number of carboxylic acids is 1. The summed E-state index contributed by atoms with van der Waals surface area (Å²) in [6.45, 7) is 0.950. The zero-order chi connectivity index (χ0) is 16.4. The summed E-state index contributed by atoms with van der Waals surface area (Å²) in [6, 6.07) is 9.37. The Bertz CT molecular complexity index is 797. The van der Waals surface area contributed by atoms with Gasteiger partial charge >= 0.3 is 5.97 Å². The van der Waals surface area contributed by atoms with E-state index >= 15 is 0 Å². The van der Waals surface area contributed by atoms with Crippen molar-refractivity contribution < 1.29 is 9.90 Å². The molecule has 23 heavy (non-hydrogen) atoms. The molecule has 0 atom stereocenters. The molecule has 1 aromatic heterocycles. The smallest absolute Gasteiger partial charge is 0.335 e. The number of aromatic carboxylic acids is 1. The Kier molecular flexibility index (Phi) is 4.17. The molecule has 0 radical (unpaired) electrons. The highest BCUT2D eigenvalue weighted by Gasteiger charge is 2.16. The van der Waals surface area contributed by atoms with Gasteiger partial charge in [-0.15, -0.1) is 0 Å². The predicted molar refractivity (Wildman–Crippen MR) is 93.3 cm³/mol. The number of rotatable bonds is 4. The Morgan fingerprint density at radius 2 is 2.13 bits per heavy atom. The fourth-order valence-corrected chi connectivity index (χ4v) is 2.80. The van der Waals surface area contributed by atoms with Crippen molar-refractivity contribution in [1.82, 2.24) is 9.47 Å². The van der Waals surface area contributed by atoms with Crippen LogP contribution in [-0.4, -0.2) is 41.2 Å². The van der Waals surface area contributed by atoms with Gasteiger partial charge in [0.05, 0.1) is 11.3 Å². The molecule has 4 nitrogen and oxygen atoms in total. The lowest BCUT2D eigenvalue weighted by molar-refractivity contribution is 0.0697. The van der Waals surface area contributed by atoms with Gasteiger partial charge in [0.1, 0.15) is 0 Å². The van der Waals surface area contributed by atoms with Gasteiger partial charge in [-0.3, -0.25) is 0 Å². The van der Waals surface area contributed by atoms with Crippen LogP contribution in [0.5, 0.6) is 0 Å². The van der Waals surface area contributed by atoms with Crippen molar-refractivity contribution in [2.24, 2.45) is 0 Å². The zero-order valence-electron chi connectivity index (χ0n) is 13.4. The number of benzene rings is 1. The highest BCUT2D eigenvalue weighted by atomic mass is 16.4. The molecular formula is C19H20N2O2. The third-order valence-electron chi connectivity index (χ3n) is 3.98. The quantitative estimate of drug-likeness (QED) is 0.802. The number of carbonyl (C=O) groups is 1. The van der Waals surface area contributed by atoms with Gasteiger partial charge < -0.3 is 14.6 Å². The summed E-state index contributed by atoms with van der Waals surface area (Å²) in [7, 11) is 4.10. The first kappa shape index (κ1) is 15.3. The van der Waals surface area contributed by atoms with E-state index in [1.165, 1.54) is 0 Å². The van der Waals surface area contributed by atoms with Crippen LogP contribution in [0.4, 0.5) is 0 Å². The van der Waals surface area contributed by atoms with Crippen molar-refractivity contribution in [2.75, 3.05) is 20.6 Å². The summed E-state index contributed by atoms with van der Waals surface area (Å²) in [5, 5.41) is 9.30. The first-order valence-electron chi connectivity index (χ1n) is 7.64. The maximum Gasteiger partial charge on any atom is 0.335 e. The van der Waals surface area contributed by atoms with Crippen LogP contribution in [0.1, 0.15) is 33.6 Å². The van der Waals surface area contributed by atoms with Crippen LogP contribution in [0.2, 0.25) is 0 Å². The van der Waals surface area contributed by atoms with Crippen molar-refractivity contribution in [2.45, 2.75) is 6.42 Å². The number of aromatic nitrogens is 1. The molecule has 0 spiro atoms. The molecule has 0 saturated heterocycles. The minimum atomic E-state index is -0.899. The van der Waals surface area contributed by atoms with Crippen molar-refractivity contribution >= 4 is 23.8 Å². The second kappa shape index (κ2) is 6.26. The van der Waals surface area contributed by atoms with Crippen LogP contribution >= 0.6 is 0 Å². The molecule has 1 aromatic carbocycles. The average Bonchev–Trinajstić information content (AvgIpc) is 2.92. The summed E-state index contributed by atoms with van der Waals surface area (Å²) < 4.78 is 2.07. The third-order valence-corrected chi connectivity index (χ3v) is 3.98. The van der Waals surface area contributed by atoms with E-state index in [2.05, 4.69) is 21.6 Å². The number of fused-ring (bicyclic) bond motifs is 2. The van der Waals surface area contributed by atoms with Crippen LogP contribution in [-0.2, 0) is 0 Å². The monoisotopic (exact) mass is 308 g/mol. The highest BCUT2D eigenvalue weighted by molar-refractivity contribution is 5.93. The van der Waals surface area contributed by atoms with Gasteiger partial charge in [0.15, 0.2) is 0 Å². The summed E-state index contributed by atoms with van der Waals surface area (Å²) in [5.41, 5.74) is 4.49. The number of nitrogens with zero attached hydrogens (tertiary/aromatic N) is 2. The van der Waals surface area contributed by atoms with E-state index in [0.717, 1.165) is 35.4 Å². The van der Waals surface area contributed by atoms with Crippen LogP contribution in [0.3, 0.4) is 0 Å². The van der Waals surface area contributed by atoms with Gasteiger partial charge in [-0.1, -0.05) is 12.1 Å². The lowest BCUT2D eigenvalue weighted by Gasteiger charge is -2.13. The van der Waals surface area contributed by atoms with E-state index in [0.29, 0.717) is 5.56 Å². The van der Waals surface area contributed by atoms with E-state index in [1.54, 1.807) is 12.1 Å². The van der Waals surface area contributed by atoms with Crippen molar-refractivity contribution in [3.63, 3.8) is 0 Å². The molecule has 0 aliphatic carbocycles. The van der Waals surface area contributed by atoms with E-state index in [4.69, 9.17) is 0 Å². The predicted octanol–water partition coefficient (Wildman–Crippen LogP) is 3.51. The zero-order valence-corrected chi connectivity index (χ0v) is 13.4. The Morgan fingerprint density at radius 3 is 2.87 bits per heavy atom. The summed E-state index contributed by atoms with van der Waals surface area (Å²) >= 11 is 0. The van der Waals surface area contributed by atoms with Gasteiger partial charge in [0.2, 0.25) is 0 Å². The molecule has 4 heteroatoms. The number of carboxylic acid groups (broad SMARTS) is 1. The minimum Gasteiger partial charge on any atom is -0.478 e. The second-order valence-corrected chi connectivity index (χ2v) is 5.93. The minimum absolute atomic E-state index is 0.315. The summed E-state index contributed by atoms with van der Waals surface area (Å²) in [6.07, 6.45) is 9.15. The van der Waals surface area contributed by atoms with E-state index < -0.39 is 5.97 Å². The lowest BCUT2D eigenvalue weighted by Crippen LogP contribution is -2.12. The van der Waals surface area contributed by atoms with Gasteiger partial charge in [0.25, 0.3) is 0 Å². The van der Waals surface area contributed by atoms with Crippen molar-refractivity contribution in [3.8, 4) is 0 Å². The molecule has 1 N–H and O–H groups in total. The lowest BCUT2D eigenvalue weighted by atomic mass is 9.95.